The maximum Gasteiger partial charge on any atom is 0.364 e. The summed E-state index contributed by atoms with van der Waals surface area (Å²) in [5, 5.41) is 12.0. The van der Waals surface area contributed by atoms with Crippen LogP contribution in [0.1, 0.15) is 44.1 Å². The third kappa shape index (κ3) is 4.32. The number of hydrogen-bond donors (Lipinski definition) is 2. The van der Waals surface area contributed by atoms with Crippen LogP contribution in [-0.4, -0.2) is 46.1 Å². The molecule has 2 heterocycles. The maximum absolute atomic E-state index is 13.1. The fourth-order valence-electron chi connectivity index (χ4n) is 3.72. The lowest BCUT2D eigenvalue weighted by Gasteiger charge is -2.37. The van der Waals surface area contributed by atoms with Gasteiger partial charge >= 0.3 is 5.97 Å². The maximum atomic E-state index is 13.1. The molecule has 1 saturated carbocycles. The van der Waals surface area contributed by atoms with Crippen molar-refractivity contribution in [3.63, 3.8) is 0 Å². The zero-order chi connectivity index (χ0) is 16.9. The molecule has 1 atom stereocenters. The van der Waals surface area contributed by atoms with E-state index in [4.69, 9.17) is 5.11 Å². The van der Waals surface area contributed by atoms with Crippen LogP contribution < -0.4 is 5.32 Å². The molecule has 1 aromatic rings. The third-order valence-electron chi connectivity index (χ3n) is 4.93. The topological polar surface area (TPSA) is 65.5 Å². The number of nitrogens with zero attached hydrogens (tertiary/aromatic N) is 2. The minimum atomic E-state index is -1.56. The summed E-state index contributed by atoms with van der Waals surface area (Å²) in [5.74, 6) is -2.00. The summed E-state index contributed by atoms with van der Waals surface area (Å²) in [7, 11) is 0. The van der Waals surface area contributed by atoms with Crippen LogP contribution in [0.25, 0.3) is 6.08 Å². The predicted molar refractivity (Wildman–Crippen MR) is 91.4 cm³/mol. The molecule has 0 aromatic carbocycles. The van der Waals surface area contributed by atoms with Crippen LogP contribution in [0.4, 0.5) is 10.2 Å². The molecular weight excluding hydrogens is 309 g/mol. The molecule has 1 aliphatic heterocycles. The number of aliphatic carboxylic acids is 1. The highest BCUT2D eigenvalue weighted by atomic mass is 19.1. The van der Waals surface area contributed by atoms with E-state index in [1.54, 1.807) is 12.1 Å². The third-order valence-corrected chi connectivity index (χ3v) is 4.93. The Bertz CT molecular complexity index is 597. The normalized spacial score (nSPS) is 23.4. The first-order chi connectivity index (χ1) is 11.6. The van der Waals surface area contributed by atoms with Gasteiger partial charge in [-0.2, -0.15) is 4.39 Å². The number of anilines is 1. The molecule has 0 spiro atoms. The second-order valence-electron chi connectivity index (χ2n) is 6.69. The van der Waals surface area contributed by atoms with Gasteiger partial charge < -0.3 is 10.4 Å². The number of halogens is 1. The van der Waals surface area contributed by atoms with Gasteiger partial charge in [0.15, 0.2) is 0 Å². The van der Waals surface area contributed by atoms with Crippen LogP contribution in [0, 0.1) is 0 Å². The minimum Gasteiger partial charge on any atom is -0.476 e. The van der Waals surface area contributed by atoms with Crippen molar-refractivity contribution < 1.29 is 14.3 Å². The molecule has 130 valence electrons. The number of carboxylic acids is 1. The molecule has 0 unspecified atom stereocenters. The quantitative estimate of drug-likeness (QED) is 0.810. The first-order valence-electron chi connectivity index (χ1n) is 8.69. The van der Waals surface area contributed by atoms with Crippen molar-refractivity contribution in [2.75, 3.05) is 18.4 Å². The van der Waals surface area contributed by atoms with Gasteiger partial charge in [-0.05, 0) is 56.0 Å². The lowest BCUT2D eigenvalue weighted by molar-refractivity contribution is -0.134. The lowest BCUT2D eigenvalue weighted by Crippen LogP contribution is -2.46. The molecule has 3 rings (SSSR count). The van der Waals surface area contributed by atoms with E-state index in [0.717, 1.165) is 30.9 Å². The summed E-state index contributed by atoms with van der Waals surface area (Å²) in [6.07, 6.45) is 10.1. The SMILES string of the molecule is O=C(O)/C(F)=C\c1ccc(N[C@@H]2CCCN(C3CCCC3)C2)nc1. The van der Waals surface area contributed by atoms with Crippen molar-refractivity contribution in [1.29, 1.82) is 0 Å². The second-order valence-corrected chi connectivity index (χ2v) is 6.69. The summed E-state index contributed by atoms with van der Waals surface area (Å²) in [4.78, 5) is 17.4. The van der Waals surface area contributed by atoms with E-state index < -0.39 is 11.8 Å². The van der Waals surface area contributed by atoms with Gasteiger partial charge in [0, 0.05) is 24.8 Å². The molecule has 2 fully saturated rings. The molecule has 1 saturated heterocycles. The smallest absolute Gasteiger partial charge is 0.364 e. The van der Waals surface area contributed by atoms with Gasteiger partial charge in [-0.25, -0.2) is 9.78 Å². The van der Waals surface area contributed by atoms with Crippen LogP contribution in [0.15, 0.2) is 24.2 Å². The summed E-state index contributed by atoms with van der Waals surface area (Å²) in [6, 6.07) is 4.57. The molecule has 0 radical (unpaired) electrons. The Kier molecular flexibility index (Phi) is 5.45. The van der Waals surface area contributed by atoms with Crippen LogP contribution in [0.5, 0.6) is 0 Å². The van der Waals surface area contributed by atoms with Gasteiger partial charge in [-0.15, -0.1) is 0 Å². The molecule has 5 nitrogen and oxygen atoms in total. The van der Waals surface area contributed by atoms with Crippen molar-refractivity contribution in [3.8, 4) is 0 Å². The lowest BCUT2D eigenvalue weighted by atomic mass is 10.0. The van der Waals surface area contributed by atoms with E-state index in [2.05, 4.69) is 15.2 Å². The summed E-state index contributed by atoms with van der Waals surface area (Å²) in [5.41, 5.74) is 0.441. The number of carbonyl (C=O) groups is 1. The van der Waals surface area contributed by atoms with Crippen molar-refractivity contribution in [2.24, 2.45) is 0 Å². The van der Waals surface area contributed by atoms with Gasteiger partial charge in [0.05, 0.1) is 0 Å². The van der Waals surface area contributed by atoms with Crippen LogP contribution >= 0.6 is 0 Å². The number of hydrogen-bond acceptors (Lipinski definition) is 4. The summed E-state index contributed by atoms with van der Waals surface area (Å²) >= 11 is 0. The first-order valence-corrected chi connectivity index (χ1v) is 8.69. The van der Waals surface area contributed by atoms with Gasteiger partial charge in [-0.1, -0.05) is 12.8 Å². The largest absolute Gasteiger partial charge is 0.476 e. The Morgan fingerprint density at radius 3 is 2.75 bits per heavy atom. The molecule has 1 aromatic heterocycles. The second kappa shape index (κ2) is 7.75. The van der Waals surface area contributed by atoms with Gasteiger partial charge in [0.2, 0.25) is 5.83 Å². The van der Waals surface area contributed by atoms with E-state index in [-0.39, 0.29) is 0 Å². The van der Waals surface area contributed by atoms with Gasteiger partial charge in [-0.3, -0.25) is 4.90 Å². The number of likely N-dealkylation sites (tertiary alicyclic amines) is 1. The fourth-order valence-corrected chi connectivity index (χ4v) is 3.72. The van der Waals surface area contributed by atoms with Gasteiger partial charge in [0.1, 0.15) is 5.82 Å². The molecular formula is C18H24FN3O2. The highest BCUT2D eigenvalue weighted by Gasteiger charge is 2.27. The average Bonchev–Trinajstić information content (AvgIpc) is 3.11. The number of piperidine rings is 1. The Hall–Kier alpha value is -1.95. The number of nitrogens with one attached hydrogen (secondary N) is 1. The Morgan fingerprint density at radius 2 is 2.08 bits per heavy atom. The van der Waals surface area contributed by atoms with E-state index in [1.807, 2.05) is 0 Å². The minimum absolute atomic E-state index is 0.379. The zero-order valence-corrected chi connectivity index (χ0v) is 13.7. The number of carboxylic acid groups (broad SMARTS) is 1. The highest BCUT2D eigenvalue weighted by molar-refractivity contribution is 5.89. The molecule has 24 heavy (non-hydrogen) atoms. The monoisotopic (exact) mass is 333 g/mol. The number of aromatic nitrogens is 1. The van der Waals surface area contributed by atoms with E-state index in [1.165, 1.54) is 44.8 Å². The standard InChI is InChI=1S/C18H24FN3O2/c19-16(18(23)24)10-13-7-8-17(20-11-13)21-14-4-3-9-22(12-14)15-5-1-2-6-15/h7-8,10-11,14-15H,1-6,9,12H2,(H,20,21)(H,23,24)/b16-10+/t14-/m1/s1. The van der Waals surface area contributed by atoms with E-state index in [0.29, 0.717) is 11.6 Å². The zero-order valence-electron chi connectivity index (χ0n) is 13.7. The molecule has 6 heteroatoms. The van der Waals surface area contributed by atoms with Crippen molar-refractivity contribution in [3.05, 3.63) is 29.7 Å². The molecule has 1 aliphatic carbocycles. The van der Waals surface area contributed by atoms with E-state index in [9.17, 15) is 9.18 Å². The molecule has 0 bridgehead atoms. The van der Waals surface area contributed by atoms with Crippen molar-refractivity contribution in [2.45, 2.75) is 50.6 Å². The Labute approximate surface area is 141 Å². The van der Waals surface area contributed by atoms with Gasteiger partial charge in [0.25, 0.3) is 0 Å². The Morgan fingerprint density at radius 1 is 1.29 bits per heavy atom. The van der Waals surface area contributed by atoms with Crippen LogP contribution in [0.2, 0.25) is 0 Å². The Balaban J connectivity index is 1.57. The summed E-state index contributed by atoms with van der Waals surface area (Å²) in [6.45, 7) is 2.23. The van der Waals surface area contributed by atoms with Crippen molar-refractivity contribution >= 4 is 17.9 Å². The summed E-state index contributed by atoms with van der Waals surface area (Å²) < 4.78 is 13.1. The fraction of sp³-hybridized carbons (Fsp3) is 0.556. The van der Waals surface area contributed by atoms with E-state index >= 15 is 0 Å². The first kappa shape index (κ1) is 16.9. The molecule has 2 N–H and O–H groups in total. The number of pyridine rings is 1. The average molecular weight is 333 g/mol. The number of rotatable bonds is 5. The predicted octanol–water partition coefficient (Wildman–Crippen LogP) is 3.30. The highest BCUT2D eigenvalue weighted by Crippen LogP contribution is 2.26. The van der Waals surface area contributed by atoms with Crippen LogP contribution in [0.3, 0.4) is 0 Å². The molecule has 2 aliphatic rings. The van der Waals surface area contributed by atoms with Crippen LogP contribution in [-0.2, 0) is 4.79 Å². The van der Waals surface area contributed by atoms with Crippen molar-refractivity contribution in [1.82, 2.24) is 9.88 Å². The molecule has 0 amide bonds.